The van der Waals surface area contributed by atoms with E-state index in [-0.39, 0.29) is 34.5 Å². The molecule has 0 spiro atoms. The minimum atomic E-state index is -1.01. The number of fused-ring (bicyclic) bond motifs is 1. The Morgan fingerprint density at radius 3 is 2.80 bits per heavy atom. The maximum atomic E-state index is 15.0. The number of ether oxygens (including phenoxy) is 1. The van der Waals surface area contributed by atoms with Gasteiger partial charge in [0.2, 0.25) is 5.95 Å². The predicted molar refractivity (Wildman–Crippen MR) is 131 cm³/mol. The molecule has 0 fully saturated rings. The summed E-state index contributed by atoms with van der Waals surface area (Å²) in [7, 11) is 0. The molecule has 13 heteroatoms. The first-order chi connectivity index (χ1) is 17.1. The smallest absolute Gasteiger partial charge is 0.338 e. The van der Waals surface area contributed by atoms with E-state index in [4.69, 9.17) is 16.3 Å². The number of anilines is 1. The molecule has 0 amide bonds. The lowest BCUT2D eigenvalue weighted by molar-refractivity contribution is -0.139. The van der Waals surface area contributed by atoms with Gasteiger partial charge in [-0.15, -0.1) is 10.2 Å². The first-order valence-electron chi connectivity index (χ1n) is 10.5. The molecule has 0 bridgehead atoms. The molecule has 1 aliphatic rings. The first-order valence-corrected chi connectivity index (χ1v) is 12.7. The van der Waals surface area contributed by atoms with Crippen LogP contribution < -0.4 is 5.32 Å². The Bertz CT molecular complexity index is 1390. The molecule has 1 aliphatic heterocycles. The van der Waals surface area contributed by atoms with Crippen molar-refractivity contribution < 1.29 is 13.9 Å². The van der Waals surface area contributed by atoms with E-state index in [0.717, 1.165) is 10.6 Å². The van der Waals surface area contributed by atoms with Gasteiger partial charge in [-0.3, -0.25) is 0 Å². The van der Waals surface area contributed by atoms with Crippen LogP contribution >= 0.6 is 34.7 Å². The number of thioether (sulfide) groups is 1. The zero-order valence-corrected chi connectivity index (χ0v) is 20.6. The van der Waals surface area contributed by atoms with Crippen LogP contribution in [0.25, 0.3) is 10.6 Å². The van der Waals surface area contributed by atoms with E-state index >= 15 is 4.39 Å². The quantitative estimate of drug-likeness (QED) is 0.271. The van der Waals surface area contributed by atoms with Crippen LogP contribution in [-0.2, 0) is 9.53 Å². The number of nitrogens with one attached hydrogen (secondary N) is 1. The summed E-state index contributed by atoms with van der Waals surface area (Å²) in [4.78, 5) is 13.1. The fraction of sp³-hybridized carbons (Fsp3) is 0.182. The summed E-state index contributed by atoms with van der Waals surface area (Å²) in [6.45, 7) is 1.84. The van der Waals surface area contributed by atoms with Crippen LogP contribution in [0.4, 0.5) is 10.3 Å². The van der Waals surface area contributed by atoms with Gasteiger partial charge in [-0.1, -0.05) is 76.2 Å². The van der Waals surface area contributed by atoms with Crippen LogP contribution in [0.1, 0.15) is 18.5 Å². The number of carbonyl (C=O) groups is 1. The van der Waals surface area contributed by atoms with Gasteiger partial charge in [0.25, 0.3) is 0 Å². The molecule has 0 radical (unpaired) electrons. The summed E-state index contributed by atoms with van der Waals surface area (Å²) in [5, 5.41) is 24.2. The second-order valence-corrected chi connectivity index (χ2v) is 9.86. The molecular formula is C22H17ClFN7O2S2. The first kappa shape index (κ1) is 23.4. The molecule has 178 valence electrons. The zero-order chi connectivity index (χ0) is 24.4. The number of esters is 1. The van der Waals surface area contributed by atoms with Crippen molar-refractivity contribution >= 4 is 46.6 Å². The van der Waals surface area contributed by atoms with Crippen molar-refractivity contribution in [3.63, 3.8) is 0 Å². The lowest BCUT2D eigenvalue weighted by Gasteiger charge is -2.29. The largest absolute Gasteiger partial charge is 0.463 e. The second-order valence-electron chi connectivity index (χ2n) is 7.25. The molecule has 1 unspecified atom stereocenters. The van der Waals surface area contributed by atoms with Crippen LogP contribution in [0, 0.1) is 5.82 Å². The third-order valence-corrected chi connectivity index (χ3v) is 7.60. The number of nitrogens with zero attached hydrogens (tertiary/aromatic N) is 6. The summed E-state index contributed by atoms with van der Waals surface area (Å²) < 4.78 is 22.4. The SMILES string of the molecule is CCOC(=O)C1=C(CSc2nnc(-c3ccccc3)s2)Nc2nnnn2C1c1c(F)cccc1Cl. The minimum Gasteiger partial charge on any atom is -0.463 e. The van der Waals surface area contributed by atoms with Crippen molar-refractivity contribution in [3.05, 3.63) is 76.2 Å². The Labute approximate surface area is 212 Å². The number of rotatable bonds is 7. The third kappa shape index (κ3) is 4.64. The van der Waals surface area contributed by atoms with Gasteiger partial charge in [0.05, 0.1) is 12.2 Å². The number of benzene rings is 2. The molecule has 0 saturated heterocycles. The highest BCUT2D eigenvalue weighted by atomic mass is 35.5. The van der Waals surface area contributed by atoms with Crippen molar-refractivity contribution in [1.82, 2.24) is 30.4 Å². The molecule has 9 nitrogen and oxygen atoms in total. The van der Waals surface area contributed by atoms with Crippen molar-refractivity contribution in [2.45, 2.75) is 17.3 Å². The molecule has 1 atom stereocenters. The number of tetrazole rings is 1. The van der Waals surface area contributed by atoms with Crippen LogP contribution in [0.15, 0.2) is 64.1 Å². The number of hydrogen-bond acceptors (Lipinski definition) is 10. The van der Waals surface area contributed by atoms with E-state index in [1.807, 2.05) is 30.3 Å². The highest BCUT2D eigenvalue weighted by Crippen LogP contribution is 2.41. The molecule has 3 heterocycles. The molecular weight excluding hydrogens is 513 g/mol. The summed E-state index contributed by atoms with van der Waals surface area (Å²) in [6, 6.07) is 13.0. The summed E-state index contributed by atoms with van der Waals surface area (Å²) >= 11 is 9.19. The minimum absolute atomic E-state index is 0.0806. The topological polar surface area (TPSA) is 108 Å². The number of aromatic nitrogens is 6. The van der Waals surface area contributed by atoms with Gasteiger partial charge < -0.3 is 10.1 Å². The fourth-order valence-corrected chi connectivity index (χ4v) is 5.73. The maximum Gasteiger partial charge on any atom is 0.338 e. The highest BCUT2D eigenvalue weighted by Gasteiger charge is 2.38. The van der Waals surface area contributed by atoms with Crippen molar-refractivity contribution in [3.8, 4) is 10.6 Å². The summed E-state index contributed by atoms with van der Waals surface area (Å²) in [5.74, 6) is -0.674. The van der Waals surface area contributed by atoms with Gasteiger partial charge in [-0.2, -0.15) is 4.68 Å². The Hall–Kier alpha value is -3.35. The number of carbonyl (C=O) groups excluding carboxylic acids is 1. The molecule has 1 N–H and O–H groups in total. The molecule has 5 rings (SSSR count). The maximum absolute atomic E-state index is 15.0. The van der Waals surface area contributed by atoms with Gasteiger partial charge in [0.15, 0.2) is 4.34 Å². The highest BCUT2D eigenvalue weighted by molar-refractivity contribution is 8.01. The average molecular weight is 530 g/mol. The molecule has 0 aliphatic carbocycles. The Kier molecular flexibility index (Phi) is 6.75. The van der Waals surface area contributed by atoms with Gasteiger partial charge in [0.1, 0.15) is 16.9 Å². The van der Waals surface area contributed by atoms with Crippen LogP contribution in [0.3, 0.4) is 0 Å². The van der Waals surface area contributed by atoms with E-state index in [9.17, 15) is 4.79 Å². The van der Waals surface area contributed by atoms with E-state index in [1.54, 1.807) is 13.0 Å². The molecule has 0 saturated carbocycles. The molecule has 4 aromatic rings. The monoisotopic (exact) mass is 529 g/mol. The second kappa shape index (κ2) is 10.1. The lowest BCUT2D eigenvalue weighted by atomic mass is 9.95. The van der Waals surface area contributed by atoms with Gasteiger partial charge in [0, 0.05) is 27.6 Å². The zero-order valence-electron chi connectivity index (χ0n) is 18.2. The Morgan fingerprint density at radius 2 is 2.03 bits per heavy atom. The standard InChI is InChI=1S/C22H17ClFN7O2S2/c1-2-33-20(32)17-15(11-34-22-28-26-19(35-22)12-7-4-3-5-8-12)25-21-27-29-30-31(21)18(17)16-13(23)9-6-10-14(16)24/h3-10,18H,2,11H2,1H3,(H,25,27,30). The third-order valence-electron chi connectivity index (χ3n) is 5.13. The van der Waals surface area contributed by atoms with Gasteiger partial charge in [-0.05, 0) is 29.5 Å². The number of halogens is 2. The van der Waals surface area contributed by atoms with Gasteiger partial charge in [-0.25, -0.2) is 9.18 Å². The number of hydrogen-bond donors (Lipinski definition) is 1. The Morgan fingerprint density at radius 1 is 1.20 bits per heavy atom. The van der Waals surface area contributed by atoms with Crippen LogP contribution in [0.2, 0.25) is 5.02 Å². The normalized spacial score (nSPS) is 15.0. The molecule has 2 aromatic heterocycles. The molecule has 2 aromatic carbocycles. The van der Waals surface area contributed by atoms with E-state index in [1.165, 1.54) is 39.9 Å². The van der Waals surface area contributed by atoms with Crippen LogP contribution in [-0.4, -0.2) is 48.7 Å². The predicted octanol–water partition coefficient (Wildman–Crippen LogP) is 4.61. The van der Waals surface area contributed by atoms with Crippen molar-refractivity contribution in [2.24, 2.45) is 0 Å². The fourth-order valence-electron chi connectivity index (χ4n) is 3.63. The van der Waals surface area contributed by atoms with E-state index in [0.29, 0.717) is 10.0 Å². The van der Waals surface area contributed by atoms with E-state index in [2.05, 4.69) is 31.0 Å². The summed E-state index contributed by atoms with van der Waals surface area (Å²) in [5.41, 5.74) is 1.68. The Balaban J connectivity index is 1.53. The lowest BCUT2D eigenvalue weighted by Crippen LogP contribution is -2.32. The van der Waals surface area contributed by atoms with Crippen LogP contribution in [0.5, 0.6) is 0 Å². The summed E-state index contributed by atoms with van der Waals surface area (Å²) in [6.07, 6.45) is 0. The van der Waals surface area contributed by atoms with Crippen molar-refractivity contribution in [2.75, 3.05) is 17.7 Å². The average Bonchev–Trinajstić information content (AvgIpc) is 3.53. The van der Waals surface area contributed by atoms with Gasteiger partial charge >= 0.3 is 5.97 Å². The van der Waals surface area contributed by atoms with Crippen molar-refractivity contribution in [1.29, 1.82) is 0 Å². The molecule has 35 heavy (non-hydrogen) atoms. The van der Waals surface area contributed by atoms with E-state index < -0.39 is 17.8 Å².